The normalized spacial score (nSPS) is 19.4. The summed E-state index contributed by atoms with van der Waals surface area (Å²) in [6.45, 7) is 2.25. The predicted octanol–water partition coefficient (Wildman–Crippen LogP) is 0.486. The van der Waals surface area contributed by atoms with Crippen LogP contribution in [0.15, 0.2) is 30.9 Å². The number of amides is 2. The van der Waals surface area contributed by atoms with Gasteiger partial charge in [0, 0.05) is 44.5 Å². The number of nitrogens with two attached hydrogens (primary N) is 1. The molecule has 2 aliphatic heterocycles. The number of hydrogen-bond acceptors (Lipinski definition) is 7. The van der Waals surface area contributed by atoms with Gasteiger partial charge in [0.15, 0.2) is 11.5 Å². The molecule has 5 rings (SSSR count). The minimum Gasteiger partial charge on any atom is -0.364 e. The van der Waals surface area contributed by atoms with Crippen LogP contribution in [0.3, 0.4) is 0 Å². The van der Waals surface area contributed by atoms with Crippen molar-refractivity contribution in [2.45, 2.75) is 25.3 Å². The quantitative estimate of drug-likeness (QED) is 0.688. The Bertz CT molecular complexity index is 1110. The van der Waals surface area contributed by atoms with Crippen LogP contribution in [-0.2, 0) is 4.79 Å². The van der Waals surface area contributed by atoms with Crippen molar-refractivity contribution in [1.29, 1.82) is 0 Å². The first-order valence-corrected chi connectivity index (χ1v) is 9.61. The molecule has 0 spiro atoms. The van der Waals surface area contributed by atoms with E-state index in [1.54, 1.807) is 16.8 Å². The number of rotatable bonds is 3. The zero-order chi connectivity index (χ0) is 20.0. The molecule has 10 nitrogen and oxygen atoms in total. The average molecular weight is 392 g/mol. The van der Waals surface area contributed by atoms with Crippen molar-refractivity contribution >= 4 is 23.3 Å². The van der Waals surface area contributed by atoms with Gasteiger partial charge in [-0.25, -0.2) is 19.9 Å². The summed E-state index contributed by atoms with van der Waals surface area (Å²) in [4.78, 5) is 45.5. The van der Waals surface area contributed by atoms with Crippen LogP contribution in [0.1, 0.15) is 29.8 Å². The molecule has 1 atom stereocenters. The Labute approximate surface area is 166 Å². The number of carbonyl (C=O) groups is 2. The second kappa shape index (κ2) is 6.80. The van der Waals surface area contributed by atoms with E-state index in [1.165, 1.54) is 12.4 Å². The van der Waals surface area contributed by atoms with E-state index in [0.29, 0.717) is 30.1 Å². The molecule has 2 saturated heterocycles. The molecular formula is C19H20N8O2. The maximum Gasteiger partial charge on any atom is 0.268 e. The summed E-state index contributed by atoms with van der Waals surface area (Å²) in [6, 6.07) is 2.10. The third kappa shape index (κ3) is 3.06. The molecule has 148 valence electrons. The van der Waals surface area contributed by atoms with Crippen LogP contribution in [0, 0.1) is 0 Å². The Kier molecular flexibility index (Phi) is 4.11. The lowest BCUT2D eigenvalue weighted by molar-refractivity contribution is -0.130. The maximum absolute atomic E-state index is 12.4. The molecule has 2 fully saturated rings. The van der Waals surface area contributed by atoms with Crippen molar-refractivity contribution < 1.29 is 9.59 Å². The molecule has 10 heteroatoms. The van der Waals surface area contributed by atoms with E-state index in [0.717, 1.165) is 31.7 Å². The number of aromatic nitrogens is 5. The second-order valence-electron chi connectivity index (χ2n) is 7.33. The lowest BCUT2D eigenvalue weighted by Gasteiger charge is -2.26. The first kappa shape index (κ1) is 17.5. The van der Waals surface area contributed by atoms with E-state index >= 15 is 0 Å². The van der Waals surface area contributed by atoms with Crippen molar-refractivity contribution in [3.63, 3.8) is 0 Å². The molecule has 2 aliphatic rings. The van der Waals surface area contributed by atoms with Gasteiger partial charge in [0.05, 0.1) is 12.4 Å². The Morgan fingerprint density at radius 3 is 2.93 bits per heavy atom. The number of carbonyl (C=O) groups excluding carboxylic acids is 2. The molecule has 3 aromatic rings. The monoisotopic (exact) mass is 392 g/mol. The average Bonchev–Trinajstić information content (AvgIpc) is 3.34. The third-order valence-electron chi connectivity index (χ3n) is 5.57. The summed E-state index contributed by atoms with van der Waals surface area (Å²) < 4.78 is 1.71. The molecule has 0 aliphatic carbocycles. The van der Waals surface area contributed by atoms with Crippen LogP contribution in [0.5, 0.6) is 0 Å². The van der Waals surface area contributed by atoms with Crippen molar-refractivity contribution in [1.82, 2.24) is 29.2 Å². The van der Waals surface area contributed by atoms with Gasteiger partial charge in [0.2, 0.25) is 5.91 Å². The molecule has 1 unspecified atom stereocenters. The summed E-state index contributed by atoms with van der Waals surface area (Å²) in [5, 5.41) is 0. The summed E-state index contributed by atoms with van der Waals surface area (Å²) in [5.74, 6) is 0.861. The number of hydrogen-bond donors (Lipinski definition) is 1. The smallest absolute Gasteiger partial charge is 0.268 e. The largest absolute Gasteiger partial charge is 0.364 e. The molecule has 0 aromatic carbocycles. The highest BCUT2D eigenvalue weighted by Crippen LogP contribution is 2.26. The van der Waals surface area contributed by atoms with Crippen LogP contribution < -0.4 is 10.6 Å². The maximum atomic E-state index is 12.4. The Morgan fingerprint density at radius 1 is 1.17 bits per heavy atom. The van der Waals surface area contributed by atoms with Gasteiger partial charge in [-0.3, -0.25) is 14.0 Å². The molecule has 29 heavy (non-hydrogen) atoms. The molecule has 3 aromatic heterocycles. The molecule has 5 heterocycles. The third-order valence-corrected chi connectivity index (χ3v) is 5.57. The van der Waals surface area contributed by atoms with Gasteiger partial charge in [-0.1, -0.05) is 0 Å². The molecule has 2 amide bonds. The zero-order valence-corrected chi connectivity index (χ0v) is 15.7. The van der Waals surface area contributed by atoms with Crippen LogP contribution in [0.25, 0.3) is 17.2 Å². The van der Waals surface area contributed by atoms with E-state index in [2.05, 4.69) is 19.9 Å². The predicted molar refractivity (Wildman–Crippen MR) is 104 cm³/mol. The fourth-order valence-electron chi connectivity index (χ4n) is 4.11. The van der Waals surface area contributed by atoms with Gasteiger partial charge < -0.3 is 15.5 Å². The number of primary amides is 1. The van der Waals surface area contributed by atoms with E-state index in [1.807, 2.05) is 11.0 Å². The van der Waals surface area contributed by atoms with Gasteiger partial charge in [-0.2, -0.15) is 0 Å². The molecule has 0 radical (unpaired) electrons. The fourth-order valence-corrected chi connectivity index (χ4v) is 4.11. The van der Waals surface area contributed by atoms with Crippen LogP contribution in [-0.4, -0.2) is 66.7 Å². The molecular weight excluding hydrogens is 372 g/mol. The Hall–Kier alpha value is -3.56. The summed E-state index contributed by atoms with van der Waals surface area (Å²) in [5.41, 5.74) is 6.70. The molecule has 0 saturated carbocycles. The highest BCUT2D eigenvalue weighted by Gasteiger charge is 2.33. The topological polar surface area (TPSA) is 123 Å². The molecule has 2 N–H and O–H groups in total. The standard InChI is InChI=1S/C19H20N8O2/c20-18(29)13-11-27-14(8-23-16(27)9-22-13)19-21-5-3-15(24-19)25-7-4-17(28)26-6-1-2-12(26)10-25/h3,5,8-9,11-12H,1-2,4,6-7,10H2,(H2,20,29). The second-order valence-corrected chi connectivity index (χ2v) is 7.33. The molecule has 0 bridgehead atoms. The van der Waals surface area contributed by atoms with Crippen LogP contribution in [0.2, 0.25) is 0 Å². The number of nitrogens with zero attached hydrogens (tertiary/aromatic N) is 7. The van der Waals surface area contributed by atoms with Gasteiger partial charge >= 0.3 is 0 Å². The highest BCUT2D eigenvalue weighted by atomic mass is 16.2. The number of fused-ring (bicyclic) bond motifs is 2. The van der Waals surface area contributed by atoms with E-state index in [4.69, 9.17) is 10.7 Å². The van der Waals surface area contributed by atoms with Gasteiger partial charge in [-0.05, 0) is 18.9 Å². The van der Waals surface area contributed by atoms with Crippen LogP contribution in [0.4, 0.5) is 5.82 Å². The van der Waals surface area contributed by atoms with Crippen molar-refractivity contribution in [3.8, 4) is 11.5 Å². The SMILES string of the molecule is NC(=O)c1cn2c(-c3nccc(N4CCC(=O)N5CCCC5C4)n3)cnc2cn1. The Morgan fingerprint density at radius 2 is 2.07 bits per heavy atom. The lowest BCUT2D eigenvalue weighted by atomic mass is 10.2. The van der Waals surface area contributed by atoms with Crippen LogP contribution >= 0.6 is 0 Å². The summed E-state index contributed by atoms with van der Waals surface area (Å²) in [7, 11) is 0. The van der Waals surface area contributed by atoms with E-state index in [9.17, 15) is 9.59 Å². The van der Waals surface area contributed by atoms with E-state index < -0.39 is 5.91 Å². The highest BCUT2D eigenvalue weighted by molar-refractivity contribution is 5.90. The first-order chi connectivity index (χ1) is 14.1. The summed E-state index contributed by atoms with van der Waals surface area (Å²) in [6.07, 6.45) is 8.93. The minimum atomic E-state index is -0.614. The van der Waals surface area contributed by atoms with Gasteiger partial charge in [0.1, 0.15) is 17.2 Å². The minimum absolute atomic E-state index is 0.139. The van der Waals surface area contributed by atoms with Crippen molar-refractivity contribution in [2.24, 2.45) is 5.73 Å². The fraction of sp³-hybridized carbons (Fsp3) is 0.368. The van der Waals surface area contributed by atoms with Gasteiger partial charge in [-0.15, -0.1) is 0 Å². The number of anilines is 1. The first-order valence-electron chi connectivity index (χ1n) is 9.61. The summed E-state index contributed by atoms with van der Waals surface area (Å²) >= 11 is 0. The van der Waals surface area contributed by atoms with Crippen molar-refractivity contribution in [2.75, 3.05) is 24.5 Å². The Balaban J connectivity index is 1.50. The lowest BCUT2D eigenvalue weighted by Crippen LogP contribution is -2.38. The van der Waals surface area contributed by atoms with Gasteiger partial charge in [0.25, 0.3) is 5.91 Å². The zero-order valence-electron chi connectivity index (χ0n) is 15.7. The number of imidazole rings is 1. The van der Waals surface area contributed by atoms with E-state index in [-0.39, 0.29) is 17.6 Å². The van der Waals surface area contributed by atoms with Crippen molar-refractivity contribution in [3.05, 3.63) is 36.5 Å².